The average molecular weight is 328 g/mol. The summed E-state index contributed by atoms with van der Waals surface area (Å²) in [5.74, 6) is 4.83. The number of ketones is 1. The molecule has 0 aromatic heterocycles. The number of terminal acetylenes is 1. The van der Waals surface area contributed by atoms with Gasteiger partial charge in [0.15, 0.2) is 11.4 Å². The van der Waals surface area contributed by atoms with Gasteiger partial charge < -0.3 is 10.2 Å². The van der Waals surface area contributed by atoms with Gasteiger partial charge in [-0.2, -0.15) is 0 Å². The average Bonchev–Trinajstić information content (AvgIpc) is 2.83. The first-order valence-corrected chi connectivity index (χ1v) is 9.58. The molecule has 0 amide bonds. The zero-order valence-corrected chi connectivity index (χ0v) is 14.5. The molecule has 4 rings (SSSR count). The van der Waals surface area contributed by atoms with Crippen molar-refractivity contribution in [2.45, 2.75) is 70.0 Å². The van der Waals surface area contributed by atoms with Gasteiger partial charge in [-0.3, -0.25) is 4.79 Å². The molecule has 3 fully saturated rings. The van der Waals surface area contributed by atoms with E-state index in [4.69, 9.17) is 6.42 Å². The molecule has 4 aliphatic carbocycles. The number of aliphatic hydroxyl groups excluding tert-OH is 1. The minimum absolute atomic E-state index is 0.288. The highest BCUT2D eigenvalue weighted by Crippen LogP contribution is 2.66. The van der Waals surface area contributed by atoms with Crippen molar-refractivity contribution < 1.29 is 15.0 Å². The van der Waals surface area contributed by atoms with Crippen LogP contribution in [-0.4, -0.2) is 27.7 Å². The van der Waals surface area contributed by atoms with E-state index in [1.165, 1.54) is 5.57 Å². The zero-order chi connectivity index (χ0) is 17.1. The van der Waals surface area contributed by atoms with E-state index in [-0.39, 0.29) is 11.2 Å². The van der Waals surface area contributed by atoms with Crippen LogP contribution in [0.15, 0.2) is 11.6 Å². The van der Waals surface area contributed by atoms with Crippen LogP contribution in [0.25, 0.3) is 0 Å². The molecule has 0 aliphatic heterocycles. The first-order valence-electron chi connectivity index (χ1n) is 9.58. The van der Waals surface area contributed by atoms with Gasteiger partial charge in [0.2, 0.25) is 0 Å². The van der Waals surface area contributed by atoms with Gasteiger partial charge in [-0.1, -0.05) is 18.4 Å². The van der Waals surface area contributed by atoms with Crippen molar-refractivity contribution in [3.8, 4) is 12.3 Å². The molecular formula is C21H28O3. The molecule has 0 saturated heterocycles. The third kappa shape index (κ3) is 1.90. The zero-order valence-electron chi connectivity index (χ0n) is 14.5. The summed E-state index contributed by atoms with van der Waals surface area (Å²) in [7, 11) is 0. The predicted octanol–water partition coefficient (Wildman–Crippen LogP) is 2.85. The molecule has 4 aliphatic rings. The van der Waals surface area contributed by atoms with Crippen molar-refractivity contribution in [1.82, 2.24) is 0 Å². The Morgan fingerprint density at radius 2 is 2.08 bits per heavy atom. The quantitative estimate of drug-likeness (QED) is 0.728. The monoisotopic (exact) mass is 328 g/mol. The van der Waals surface area contributed by atoms with E-state index in [9.17, 15) is 15.0 Å². The molecule has 0 heterocycles. The van der Waals surface area contributed by atoms with Crippen molar-refractivity contribution in [2.24, 2.45) is 29.1 Å². The second-order valence-electron chi connectivity index (χ2n) is 8.51. The molecule has 2 N–H and O–H groups in total. The van der Waals surface area contributed by atoms with Gasteiger partial charge in [0.1, 0.15) is 0 Å². The molecule has 0 bridgehead atoms. The number of hydrogen-bond acceptors (Lipinski definition) is 3. The fourth-order valence-electron chi connectivity index (χ4n) is 6.96. The summed E-state index contributed by atoms with van der Waals surface area (Å²) in [5.41, 5.74) is -0.355. The Kier molecular flexibility index (Phi) is 3.71. The molecular weight excluding hydrogens is 300 g/mol. The number of rotatable bonds is 1. The SMILES string of the molecule is C#C[C@]1(O)[C@H](O)C[C@H]2[C@@H]3CCC4=CC(=O)CC[C@@H]4[C@H]3CC[C@@]21CC. The van der Waals surface area contributed by atoms with Crippen LogP contribution in [-0.2, 0) is 4.79 Å². The van der Waals surface area contributed by atoms with Crippen LogP contribution in [0.2, 0.25) is 0 Å². The van der Waals surface area contributed by atoms with Crippen LogP contribution < -0.4 is 0 Å². The van der Waals surface area contributed by atoms with Crippen molar-refractivity contribution >= 4 is 5.78 Å². The first kappa shape index (κ1) is 16.4. The third-order valence-electron chi connectivity index (χ3n) is 8.08. The molecule has 130 valence electrons. The van der Waals surface area contributed by atoms with Gasteiger partial charge in [-0.25, -0.2) is 0 Å². The molecule has 7 atom stereocenters. The van der Waals surface area contributed by atoms with Gasteiger partial charge in [0.25, 0.3) is 0 Å². The van der Waals surface area contributed by atoms with Crippen LogP contribution in [0, 0.1) is 41.4 Å². The van der Waals surface area contributed by atoms with Crippen LogP contribution in [0.5, 0.6) is 0 Å². The highest BCUT2D eigenvalue weighted by atomic mass is 16.3. The maximum absolute atomic E-state index is 11.8. The second kappa shape index (κ2) is 5.44. The lowest BCUT2D eigenvalue weighted by Crippen LogP contribution is -2.55. The number of carbonyl (C=O) groups is 1. The van der Waals surface area contributed by atoms with Crippen LogP contribution in [0.1, 0.15) is 58.3 Å². The van der Waals surface area contributed by atoms with E-state index in [1.54, 1.807) is 0 Å². The standard InChI is InChI=1S/C21H28O3/c1-3-20-10-9-16-15-8-6-14(22)11-13(15)5-7-17(16)18(20)12-19(23)21(20,24)4-2/h2,11,15-19,23-24H,3,5-10,12H2,1H3/t15-,16+,17+,18-,19+,20-,21-/m0/s1. The fourth-order valence-corrected chi connectivity index (χ4v) is 6.96. The van der Waals surface area contributed by atoms with Gasteiger partial charge in [-0.15, -0.1) is 6.42 Å². The number of allylic oxidation sites excluding steroid dienone is 1. The van der Waals surface area contributed by atoms with E-state index >= 15 is 0 Å². The maximum Gasteiger partial charge on any atom is 0.156 e. The molecule has 3 nitrogen and oxygen atoms in total. The lowest BCUT2D eigenvalue weighted by molar-refractivity contribution is -0.125. The van der Waals surface area contributed by atoms with Crippen LogP contribution in [0.4, 0.5) is 0 Å². The number of aliphatic hydroxyl groups is 2. The third-order valence-corrected chi connectivity index (χ3v) is 8.08. The highest BCUT2D eigenvalue weighted by Gasteiger charge is 2.67. The summed E-state index contributed by atoms with van der Waals surface area (Å²) in [4.78, 5) is 11.8. The van der Waals surface area contributed by atoms with Gasteiger partial charge in [-0.05, 0) is 74.7 Å². The Morgan fingerprint density at radius 3 is 2.79 bits per heavy atom. The van der Waals surface area contributed by atoms with E-state index in [2.05, 4.69) is 12.8 Å². The minimum atomic E-state index is -1.38. The summed E-state index contributed by atoms with van der Waals surface area (Å²) in [6.07, 6.45) is 13.9. The molecule has 0 spiro atoms. The molecule has 24 heavy (non-hydrogen) atoms. The van der Waals surface area contributed by atoms with E-state index in [1.807, 2.05) is 6.08 Å². The van der Waals surface area contributed by atoms with Crippen molar-refractivity contribution in [3.63, 3.8) is 0 Å². The topological polar surface area (TPSA) is 57.5 Å². The Hall–Kier alpha value is -1.11. The summed E-state index contributed by atoms with van der Waals surface area (Å²) in [6, 6.07) is 0. The lowest BCUT2D eigenvalue weighted by atomic mass is 9.49. The molecule has 0 radical (unpaired) electrons. The normalized spacial score (nSPS) is 50.3. The summed E-state index contributed by atoms with van der Waals surface area (Å²) in [6.45, 7) is 2.11. The molecule has 0 unspecified atom stereocenters. The van der Waals surface area contributed by atoms with Gasteiger partial charge in [0, 0.05) is 11.8 Å². The molecule has 0 aromatic carbocycles. The summed E-state index contributed by atoms with van der Waals surface area (Å²) in [5, 5.41) is 21.7. The van der Waals surface area contributed by atoms with Crippen molar-refractivity contribution in [1.29, 1.82) is 0 Å². The Balaban J connectivity index is 1.70. The molecule has 3 saturated carbocycles. The number of fused-ring (bicyclic) bond motifs is 5. The Labute approximate surface area is 144 Å². The Morgan fingerprint density at radius 1 is 1.29 bits per heavy atom. The Bertz CT molecular complexity index is 629. The van der Waals surface area contributed by atoms with E-state index in [0.29, 0.717) is 36.5 Å². The van der Waals surface area contributed by atoms with Crippen molar-refractivity contribution in [2.75, 3.05) is 0 Å². The summed E-state index contributed by atoms with van der Waals surface area (Å²) >= 11 is 0. The summed E-state index contributed by atoms with van der Waals surface area (Å²) < 4.78 is 0. The van der Waals surface area contributed by atoms with E-state index < -0.39 is 11.7 Å². The van der Waals surface area contributed by atoms with Crippen molar-refractivity contribution in [3.05, 3.63) is 11.6 Å². The highest BCUT2D eigenvalue weighted by molar-refractivity contribution is 5.91. The van der Waals surface area contributed by atoms with Crippen LogP contribution >= 0.6 is 0 Å². The second-order valence-corrected chi connectivity index (χ2v) is 8.51. The van der Waals surface area contributed by atoms with Crippen LogP contribution in [0.3, 0.4) is 0 Å². The van der Waals surface area contributed by atoms with E-state index in [0.717, 1.165) is 38.5 Å². The minimum Gasteiger partial charge on any atom is -0.389 e. The fraction of sp³-hybridized carbons (Fsp3) is 0.762. The predicted molar refractivity (Wildman–Crippen MR) is 91.9 cm³/mol. The lowest BCUT2D eigenvalue weighted by Gasteiger charge is -2.55. The smallest absolute Gasteiger partial charge is 0.156 e. The van der Waals surface area contributed by atoms with Gasteiger partial charge >= 0.3 is 0 Å². The van der Waals surface area contributed by atoms with Gasteiger partial charge in [0.05, 0.1) is 6.10 Å². The number of hydrogen-bond donors (Lipinski definition) is 2. The largest absolute Gasteiger partial charge is 0.389 e. The molecule has 3 heteroatoms. The first-order chi connectivity index (χ1) is 11.5. The maximum atomic E-state index is 11.8. The molecule has 0 aromatic rings. The number of carbonyl (C=O) groups excluding carboxylic acids is 1.